The third-order valence-electron chi connectivity index (χ3n) is 4.50. The summed E-state index contributed by atoms with van der Waals surface area (Å²) in [4.78, 5) is 25.6. The zero-order chi connectivity index (χ0) is 17.1. The first-order chi connectivity index (χ1) is 11.6. The van der Waals surface area contributed by atoms with Crippen LogP contribution in [0.3, 0.4) is 0 Å². The van der Waals surface area contributed by atoms with Crippen molar-refractivity contribution in [2.45, 2.75) is 25.3 Å². The van der Waals surface area contributed by atoms with Crippen LogP contribution in [0.1, 0.15) is 24.0 Å². The van der Waals surface area contributed by atoms with Gasteiger partial charge in [0, 0.05) is 20.1 Å². The Morgan fingerprint density at radius 3 is 2.83 bits per heavy atom. The predicted octanol–water partition coefficient (Wildman–Crippen LogP) is 1.98. The van der Waals surface area contributed by atoms with Gasteiger partial charge in [0.05, 0.1) is 19.8 Å². The molecule has 6 nitrogen and oxygen atoms in total. The van der Waals surface area contributed by atoms with Crippen molar-refractivity contribution >= 4 is 17.5 Å². The summed E-state index contributed by atoms with van der Waals surface area (Å²) in [6, 6.07) is 5.46. The van der Waals surface area contributed by atoms with Gasteiger partial charge in [-0.05, 0) is 41.7 Å². The van der Waals surface area contributed by atoms with Crippen molar-refractivity contribution in [1.82, 2.24) is 10.2 Å². The summed E-state index contributed by atoms with van der Waals surface area (Å²) in [6.45, 7) is 0.733. The molecule has 1 fully saturated rings. The van der Waals surface area contributed by atoms with Gasteiger partial charge in [-0.25, -0.2) is 4.79 Å². The van der Waals surface area contributed by atoms with Gasteiger partial charge in [-0.1, -0.05) is 12.1 Å². The number of ether oxygens (including phenoxy) is 2. The van der Waals surface area contributed by atoms with Gasteiger partial charge in [0.1, 0.15) is 5.75 Å². The van der Waals surface area contributed by atoms with Crippen molar-refractivity contribution < 1.29 is 19.1 Å². The molecule has 1 heterocycles. The minimum absolute atomic E-state index is 0.148. The summed E-state index contributed by atoms with van der Waals surface area (Å²) in [5.74, 6) is 0.668. The topological polar surface area (TPSA) is 67.9 Å². The Kier molecular flexibility index (Phi) is 4.85. The molecule has 0 aromatic heterocycles. The first-order valence-electron chi connectivity index (χ1n) is 8.08. The van der Waals surface area contributed by atoms with E-state index in [1.807, 2.05) is 12.1 Å². The summed E-state index contributed by atoms with van der Waals surface area (Å²) in [7, 11) is 3.20. The highest BCUT2D eigenvalue weighted by Crippen LogP contribution is 2.32. The van der Waals surface area contributed by atoms with Crippen LogP contribution in [0.4, 0.5) is 4.79 Å². The van der Waals surface area contributed by atoms with Gasteiger partial charge >= 0.3 is 6.03 Å². The van der Waals surface area contributed by atoms with Crippen LogP contribution in [0.5, 0.6) is 5.75 Å². The van der Waals surface area contributed by atoms with Gasteiger partial charge in [-0.3, -0.25) is 9.69 Å². The summed E-state index contributed by atoms with van der Waals surface area (Å²) in [5.41, 5.74) is 3.56. The quantitative estimate of drug-likeness (QED) is 0.866. The fourth-order valence-corrected chi connectivity index (χ4v) is 3.24. The van der Waals surface area contributed by atoms with E-state index >= 15 is 0 Å². The van der Waals surface area contributed by atoms with Crippen molar-refractivity contribution in [2.24, 2.45) is 0 Å². The van der Waals surface area contributed by atoms with E-state index in [0.29, 0.717) is 19.6 Å². The molecule has 0 unspecified atom stereocenters. The minimum atomic E-state index is -0.335. The van der Waals surface area contributed by atoms with E-state index < -0.39 is 0 Å². The number of carbonyl (C=O) groups excluding carboxylic acids is 2. The molecule has 0 saturated carbocycles. The first-order valence-corrected chi connectivity index (χ1v) is 8.08. The maximum atomic E-state index is 12.2. The molecule has 0 spiro atoms. The smallest absolute Gasteiger partial charge is 0.324 e. The third-order valence-corrected chi connectivity index (χ3v) is 4.50. The van der Waals surface area contributed by atoms with E-state index in [9.17, 15) is 9.59 Å². The second-order valence-corrected chi connectivity index (χ2v) is 6.06. The van der Waals surface area contributed by atoms with Crippen molar-refractivity contribution in [2.75, 3.05) is 27.4 Å². The van der Waals surface area contributed by atoms with Crippen LogP contribution >= 0.6 is 0 Å². The predicted molar refractivity (Wildman–Crippen MR) is 89.8 cm³/mol. The molecule has 3 rings (SSSR count). The van der Waals surface area contributed by atoms with Crippen LogP contribution in [-0.2, 0) is 16.0 Å². The van der Waals surface area contributed by atoms with Crippen molar-refractivity contribution in [1.29, 1.82) is 0 Å². The summed E-state index contributed by atoms with van der Waals surface area (Å²) >= 11 is 0. The Bertz CT molecular complexity index is 666. The van der Waals surface area contributed by atoms with Crippen LogP contribution < -0.4 is 10.1 Å². The zero-order valence-corrected chi connectivity index (χ0v) is 14.0. The lowest BCUT2D eigenvalue weighted by molar-refractivity contribution is -0.130. The van der Waals surface area contributed by atoms with E-state index in [1.165, 1.54) is 10.5 Å². The van der Waals surface area contributed by atoms with Gasteiger partial charge in [0.15, 0.2) is 0 Å². The normalized spacial score (nSPS) is 19.8. The van der Waals surface area contributed by atoms with Crippen molar-refractivity contribution in [3.63, 3.8) is 0 Å². The molecule has 2 aliphatic rings. The highest BCUT2D eigenvalue weighted by molar-refractivity contribution is 5.97. The monoisotopic (exact) mass is 330 g/mol. The standard InChI is InChI=1S/C18H22N2O4/c1-23-11-14-9-17(21)20(18(22)19-14)8-7-13-4-3-12-5-6-15(24-2)10-16(12)13/h4-6,10,14H,3,7-9,11H2,1-2H3,(H,19,22)/t14-/m1/s1. The number of carbonyl (C=O) groups is 2. The van der Waals surface area contributed by atoms with Crippen LogP contribution in [0, 0.1) is 0 Å². The summed E-state index contributed by atoms with van der Waals surface area (Å²) in [6.07, 6.45) is 3.96. The lowest BCUT2D eigenvalue weighted by Gasteiger charge is -2.31. The second-order valence-electron chi connectivity index (χ2n) is 6.06. The van der Waals surface area contributed by atoms with Crippen molar-refractivity contribution in [3.8, 4) is 5.75 Å². The molecule has 1 saturated heterocycles. The number of imide groups is 1. The Morgan fingerprint density at radius 2 is 2.12 bits per heavy atom. The molecule has 1 atom stereocenters. The first kappa shape index (κ1) is 16.5. The molecule has 0 radical (unpaired) electrons. The molecule has 24 heavy (non-hydrogen) atoms. The molecule has 6 heteroatoms. The molecular weight excluding hydrogens is 308 g/mol. The number of allylic oxidation sites excluding steroid dienone is 1. The molecular formula is C18H22N2O4. The third kappa shape index (κ3) is 3.28. The molecule has 128 valence electrons. The van der Waals surface area contributed by atoms with Crippen LogP contribution in [0.25, 0.3) is 5.57 Å². The Balaban J connectivity index is 1.63. The number of urea groups is 1. The lowest BCUT2D eigenvalue weighted by Crippen LogP contribution is -2.56. The van der Waals surface area contributed by atoms with Gasteiger partial charge < -0.3 is 14.8 Å². The number of hydrogen-bond acceptors (Lipinski definition) is 4. The van der Waals surface area contributed by atoms with Gasteiger partial charge in [-0.2, -0.15) is 0 Å². The highest BCUT2D eigenvalue weighted by Gasteiger charge is 2.31. The minimum Gasteiger partial charge on any atom is -0.497 e. The molecule has 3 amide bonds. The van der Waals surface area contributed by atoms with Gasteiger partial charge in [-0.15, -0.1) is 0 Å². The fraction of sp³-hybridized carbons (Fsp3) is 0.444. The molecule has 1 aliphatic heterocycles. The highest BCUT2D eigenvalue weighted by atomic mass is 16.5. The number of amides is 3. The van der Waals surface area contributed by atoms with Crippen LogP contribution in [0.2, 0.25) is 0 Å². The number of nitrogens with zero attached hydrogens (tertiary/aromatic N) is 1. The maximum Gasteiger partial charge on any atom is 0.324 e. The SMILES string of the molecule is COC[C@H]1CC(=O)N(CCC2=CCc3ccc(OC)cc32)C(=O)N1. The average molecular weight is 330 g/mol. The maximum absolute atomic E-state index is 12.2. The number of benzene rings is 1. The molecule has 0 bridgehead atoms. The van der Waals surface area contributed by atoms with E-state index in [1.54, 1.807) is 14.2 Å². The summed E-state index contributed by atoms with van der Waals surface area (Å²) < 4.78 is 10.3. The second kappa shape index (κ2) is 7.05. The van der Waals surface area contributed by atoms with E-state index in [2.05, 4.69) is 17.5 Å². The average Bonchev–Trinajstić information content (AvgIpc) is 2.96. The fourth-order valence-electron chi connectivity index (χ4n) is 3.24. The number of hydrogen-bond donors (Lipinski definition) is 1. The van der Waals surface area contributed by atoms with Crippen molar-refractivity contribution in [3.05, 3.63) is 35.4 Å². The Hall–Kier alpha value is -2.34. The number of nitrogens with one attached hydrogen (secondary N) is 1. The van der Waals surface area contributed by atoms with Crippen LogP contribution in [-0.4, -0.2) is 50.3 Å². The zero-order valence-electron chi connectivity index (χ0n) is 14.0. The van der Waals surface area contributed by atoms with Gasteiger partial charge in [0.25, 0.3) is 0 Å². The molecule has 1 aliphatic carbocycles. The lowest BCUT2D eigenvalue weighted by atomic mass is 10.0. The molecule has 1 aromatic rings. The van der Waals surface area contributed by atoms with E-state index in [4.69, 9.17) is 9.47 Å². The molecule has 1 aromatic carbocycles. The van der Waals surface area contributed by atoms with E-state index in [-0.39, 0.29) is 24.4 Å². The number of methoxy groups -OCH3 is 2. The Morgan fingerprint density at radius 1 is 1.29 bits per heavy atom. The number of fused-ring (bicyclic) bond motifs is 1. The van der Waals surface area contributed by atoms with E-state index in [0.717, 1.165) is 23.3 Å². The molecule has 1 N–H and O–H groups in total. The van der Waals surface area contributed by atoms with Gasteiger partial charge in [0.2, 0.25) is 5.91 Å². The van der Waals surface area contributed by atoms with Crippen LogP contribution in [0.15, 0.2) is 24.3 Å². The largest absolute Gasteiger partial charge is 0.497 e. The number of rotatable bonds is 6. The summed E-state index contributed by atoms with van der Waals surface area (Å²) in [5, 5.41) is 2.81. The Labute approximate surface area is 141 Å².